The number of nitrogens with one attached hydrogen (secondary N) is 2. The minimum absolute atomic E-state index is 0.177. The van der Waals surface area contributed by atoms with Crippen LogP contribution in [0.3, 0.4) is 0 Å². The number of nitrogens with zero attached hydrogens (tertiary/aromatic N) is 1. The SMILES string of the molecule is O=C(CNC(=O)c1ccccc1Br)N/N=C/c1ccc(OCc2ccccc2)cc1. The second-order valence-electron chi connectivity index (χ2n) is 6.30. The fourth-order valence-corrected chi connectivity index (χ4v) is 2.98. The van der Waals surface area contributed by atoms with E-state index < -0.39 is 5.91 Å². The third-order valence-electron chi connectivity index (χ3n) is 4.06. The molecule has 7 heteroatoms. The Labute approximate surface area is 183 Å². The molecule has 0 aliphatic heterocycles. The molecule has 0 heterocycles. The van der Waals surface area contributed by atoms with Crippen LogP contribution in [-0.4, -0.2) is 24.6 Å². The van der Waals surface area contributed by atoms with Crippen molar-refractivity contribution in [2.75, 3.05) is 6.54 Å². The van der Waals surface area contributed by atoms with Gasteiger partial charge in [-0.2, -0.15) is 5.10 Å². The maximum absolute atomic E-state index is 12.1. The summed E-state index contributed by atoms with van der Waals surface area (Å²) >= 11 is 3.30. The van der Waals surface area contributed by atoms with Crippen molar-refractivity contribution in [3.05, 3.63) is 100 Å². The van der Waals surface area contributed by atoms with Gasteiger partial charge in [0.25, 0.3) is 11.8 Å². The van der Waals surface area contributed by atoms with Gasteiger partial charge in [-0.05, 0) is 63.5 Å². The summed E-state index contributed by atoms with van der Waals surface area (Å²) in [4.78, 5) is 23.9. The summed E-state index contributed by atoms with van der Waals surface area (Å²) in [7, 11) is 0. The summed E-state index contributed by atoms with van der Waals surface area (Å²) in [6, 6.07) is 24.3. The number of rotatable bonds is 8. The Balaban J connectivity index is 1.41. The van der Waals surface area contributed by atoms with Crippen LogP contribution in [0, 0.1) is 0 Å². The highest BCUT2D eigenvalue weighted by molar-refractivity contribution is 9.10. The first kappa shape index (κ1) is 21.3. The van der Waals surface area contributed by atoms with E-state index in [1.807, 2.05) is 60.7 Å². The van der Waals surface area contributed by atoms with Crippen molar-refractivity contribution in [3.63, 3.8) is 0 Å². The number of hydrogen-bond acceptors (Lipinski definition) is 4. The molecule has 0 atom stereocenters. The van der Waals surface area contributed by atoms with Gasteiger partial charge in [-0.1, -0.05) is 42.5 Å². The van der Waals surface area contributed by atoms with E-state index in [1.54, 1.807) is 18.2 Å². The average molecular weight is 466 g/mol. The first-order valence-electron chi connectivity index (χ1n) is 9.23. The maximum Gasteiger partial charge on any atom is 0.259 e. The van der Waals surface area contributed by atoms with Crippen LogP contribution in [-0.2, 0) is 11.4 Å². The van der Waals surface area contributed by atoms with Crippen LogP contribution in [0.15, 0.2) is 88.4 Å². The van der Waals surface area contributed by atoms with E-state index in [2.05, 4.69) is 31.8 Å². The van der Waals surface area contributed by atoms with Gasteiger partial charge >= 0.3 is 0 Å². The highest BCUT2D eigenvalue weighted by atomic mass is 79.9. The Bertz CT molecular complexity index is 1020. The quantitative estimate of drug-likeness (QED) is 0.390. The first-order valence-corrected chi connectivity index (χ1v) is 10.0. The minimum atomic E-state index is -0.422. The van der Waals surface area contributed by atoms with Crippen molar-refractivity contribution in [2.24, 2.45) is 5.10 Å². The predicted molar refractivity (Wildman–Crippen MR) is 119 cm³/mol. The van der Waals surface area contributed by atoms with Gasteiger partial charge in [-0.15, -0.1) is 0 Å². The molecule has 2 N–H and O–H groups in total. The molecule has 0 saturated carbocycles. The molecule has 0 saturated heterocycles. The zero-order chi connectivity index (χ0) is 21.2. The second-order valence-corrected chi connectivity index (χ2v) is 7.15. The Morgan fingerprint density at radius 2 is 1.63 bits per heavy atom. The van der Waals surface area contributed by atoms with E-state index in [1.165, 1.54) is 6.21 Å². The molecule has 0 aromatic heterocycles. The van der Waals surface area contributed by atoms with Crippen LogP contribution in [0.1, 0.15) is 21.5 Å². The third kappa shape index (κ3) is 6.56. The Morgan fingerprint density at radius 1 is 0.933 bits per heavy atom. The molecule has 2 amide bonds. The van der Waals surface area contributed by atoms with Gasteiger partial charge in [0.1, 0.15) is 12.4 Å². The smallest absolute Gasteiger partial charge is 0.259 e. The lowest BCUT2D eigenvalue weighted by Crippen LogP contribution is -2.35. The first-order chi connectivity index (χ1) is 14.6. The summed E-state index contributed by atoms with van der Waals surface area (Å²) in [5, 5.41) is 6.46. The van der Waals surface area contributed by atoms with Crippen LogP contribution in [0.4, 0.5) is 0 Å². The number of hydrazone groups is 1. The zero-order valence-electron chi connectivity index (χ0n) is 16.0. The van der Waals surface area contributed by atoms with E-state index >= 15 is 0 Å². The predicted octanol–water partition coefficient (Wildman–Crippen LogP) is 3.91. The van der Waals surface area contributed by atoms with Gasteiger partial charge in [0.15, 0.2) is 0 Å². The standard InChI is InChI=1S/C23H20BrN3O3/c24-21-9-5-4-8-20(21)23(29)25-15-22(28)27-26-14-17-10-12-19(13-11-17)30-16-18-6-2-1-3-7-18/h1-14H,15-16H2,(H,25,29)(H,27,28)/b26-14+. The third-order valence-corrected chi connectivity index (χ3v) is 4.75. The Kier molecular flexibility index (Phi) is 7.74. The van der Waals surface area contributed by atoms with E-state index in [9.17, 15) is 9.59 Å². The molecule has 3 aromatic rings. The Hall–Kier alpha value is -3.45. The molecule has 30 heavy (non-hydrogen) atoms. The largest absolute Gasteiger partial charge is 0.489 e. The van der Waals surface area contributed by atoms with Crippen LogP contribution < -0.4 is 15.5 Å². The molecule has 0 fully saturated rings. The molecule has 0 aliphatic carbocycles. The second kappa shape index (κ2) is 10.9. The molecular weight excluding hydrogens is 446 g/mol. The summed E-state index contributed by atoms with van der Waals surface area (Å²) in [5.74, 6) is -0.0167. The topological polar surface area (TPSA) is 79.8 Å². The van der Waals surface area contributed by atoms with E-state index in [0.717, 1.165) is 16.9 Å². The number of hydrogen-bond donors (Lipinski definition) is 2. The monoisotopic (exact) mass is 465 g/mol. The number of carbonyl (C=O) groups excluding carboxylic acids is 2. The van der Waals surface area contributed by atoms with E-state index in [-0.39, 0.29) is 12.5 Å². The summed E-state index contributed by atoms with van der Waals surface area (Å²) in [6.07, 6.45) is 1.52. The van der Waals surface area contributed by atoms with Gasteiger partial charge in [0.2, 0.25) is 0 Å². The molecule has 0 spiro atoms. The molecule has 0 radical (unpaired) electrons. The van der Waals surface area contributed by atoms with Gasteiger partial charge in [0, 0.05) is 4.47 Å². The van der Waals surface area contributed by atoms with Crippen molar-refractivity contribution in [1.29, 1.82) is 0 Å². The summed E-state index contributed by atoms with van der Waals surface area (Å²) < 4.78 is 6.40. The van der Waals surface area contributed by atoms with Gasteiger partial charge < -0.3 is 10.1 Å². The number of ether oxygens (including phenoxy) is 1. The number of carbonyl (C=O) groups is 2. The number of halogens is 1. The molecule has 0 aliphatic rings. The van der Waals surface area contributed by atoms with Gasteiger partial charge in [-0.3, -0.25) is 9.59 Å². The van der Waals surface area contributed by atoms with Crippen LogP contribution in [0.5, 0.6) is 5.75 Å². The van der Waals surface area contributed by atoms with Crippen molar-refractivity contribution < 1.29 is 14.3 Å². The van der Waals surface area contributed by atoms with Crippen LogP contribution >= 0.6 is 15.9 Å². The molecule has 3 rings (SSSR count). The fourth-order valence-electron chi connectivity index (χ4n) is 2.51. The Morgan fingerprint density at radius 3 is 2.37 bits per heavy atom. The van der Waals surface area contributed by atoms with Crippen molar-refractivity contribution in [1.82, 2.24) is 10.7 Å². The molecule has 0 unspecified atom stereocenters. The number of benzene rings is 3. The molecule has 0 bridgehead atoms. The van der Waals surface area contributed by atoms with Crippen molar-refractivity contribution in [2.45, 2.75) is 6.61 Å². The van der Waals surface area contributed by atoms with Crippen molar-refractivity contribution in [3.8, 4) is 5.75 Å². The zero-order valence-corrected chi connectivity index (χ0v) is 17.6. The van der Waals surface area contributed by atoms with Crippen LogP contribution in [0.2, 0.25) is 0 Å². The van der Waals surface area contributed by atoms with Crippen LogP contribution in [0.25, 0.3) is 0 Å². The number of amides is 2. The summed E-state index contributed by atoms with van der Waals surface area (Å²) in [5.41, 5.74) is 4.75. The average Bonchev–Trinajstić information content (AvgIpc) is 2.78. The van der Waals surface area contributed by atoms with Gasteiger partial charge in [-0.25, -0.2) is 5.43 Å². The lowest BCUT2D eigenvalue weighted by molar-refractivity contribution is -0.120. The van der Waals surface area contributed by atoms with E-state index in [0.29, 0.717) is 16.6 Å². The molecular formula is C23H20BrN3O3. The lowest BCUT2D eigenvalue weighted by atomic mass is 10.2. The minimum Gasteiger partial charge on any atom is -0.489 e. The highest BCUT2D eigenvalue weighted by Gasteiger charge is 2.10. The molecule has 152 valence electrons. The normalized spacial score (nSPS) is 10.6. The molecule has 6 nitrogen and oxygen atoms in total. The van der Waals surface area contributed by atoms with Crippen molar-refractivity contribution >= 4 is 34.0 Å². The molecule has 3 aromatic carbocycles. The van der Waals surface area contributed by atoms with E-state index in [4.69, 9.17) is 4.74 Å². The van der Waals surface area contributed by atoms with Gasteiger partial charge in [0.05, 0.1) is 18.3 Å². The maximum atomic E-state index is 12.1. The lowest BCUT2D eigenvalue weighted by Gasteiger charge is -2.06. The summed E-state index contributed by atoms with van der Waals surface area (Å²) in [6.45, 7) is 0.319. The fraction of sp³-hybridized carbons (Fsp3) is 0.0870. The highest BCUT2D eigenvalue weighted by Crippen LogP contribution is 2.15.